The van der Waals surface area contributed by atoms with Crippen LogP contribution in [0.15, 0.2) is 41.1 Å². The maximum Gasteiger partial charge on any atom is 0.139 e. The average Bonchev–Trinajstić information content (AvgIpc) is 2.73. The van der Waals surface area contributed by atoms with Crippen molar-refractivity contribution in [2.45, 2.75) is 6.92 Å². The van der Waals surface area contributed by atoms with E-state index in [1.807, 2.05) is 35.6 Å². The number of aryl methyl sites for hydroxylation is 1. The van der Waals surface area contributed by atoms with Gasteiger partial charge in [0.25, 0.3) is 0 Å². The third kappa shape index (κ3) is 1.59. The Labute approximate surface area is 113 Å². The number of anilines is 1. The molecule has 18 heavy (non-hydrogen) atoms. The lowest BCUT2D eigenvalue weighted by atomic mass is 10.2. The highest BCUT2D eigenvalue weighted by atomic mass is 79.9. The molecule has 3 aromatic heterocycles. The molecule has 0 saturated carbocycles. The zero-order valence-corrected chi connectivity index (χ0v) is 11.3. The monoisotopic (exact) mass is 302 g/mol. The summed E-state index contributed by atoms with van der Waals surface area (Å²) in [5.41, 5.74) is 9.76. The molecule has 0 aliphatic carbocycles. The number of fused-ring (bicyclic) bond motifs is 1. The Balaban J connectivity index is 2.34. The fourth-order valence-corrected chi connectivity index (χ4v) is 2.32. The quantitative estimate of drug-likeness (QED) is 0.751. The van der Waals surface area contributed by atoms with E-state index in [4.69, 9.17) is 5.73 Å². The van der Waals surface area contributed by atoms with Gasteiger partial charge in [-0.25, -0.2) is 4.98 Å². The number of halogens is 1. The van der Waals surface area contributed by atoms with Crippen LogP contribution < -0.4 is 5.73 Å². The molecule has 2 N–H and O–H groups in total. The van der Waals surface area contributed by atoms with Crippen molar-refractivity contribution in [3.63, 3.8) is 0 Å². The van der Waals surface area contributed by atoms with Crippen molar-refractivity contribution in [2.75, 3.05) is 5.73 Å². The van der Waals surface area contributed by atoms with E-state index in [0.717, 1.165) is 27.1 Å². The van der Waals surface area contributed by atoms with Crippen LogP contribution in [0.3, 0.4) is 0 Å². The molecule has 0 fully saturated rings. The van der Waals surface area contributed by atoms with E-state index < -0.39 is 0 Å². The van der Waals surface area contributed by atoms with Crippen molar-refractivity contribution < 1.29 is 0 Å². The number of hydrogen-bond acceptors (Lipinski definition) is 3. The van der Waals surface area contributed by atoms with Gasteiger partial charge in [-0.2, -0.15) is 0 Å². The van der Waals surface area contributed by atoms with Gasteiger partial charge in [0.15, 0.2) is 0 Å². The van der Waals surface area contributed by atoms with E-state index >= 15 is 0 Å². The average molecular weight is 303 g/mol. The first kappa shape index (κ1) is 11.2. The predicted octanol–water partition coefficient (Wildman–Crippen LogP) is 3.05. The largest absolute Gasteiger partial charge is 0.383 e. The van der Waals surface area contributed by atoms with Crippen LogP contribution in [-0.4, -0.2) is 14.4 Å². The Morgan fingerprint density at radius 2 is 2.11 bits per heavy atom. The second kappa shape index (κ2) is 4.10. The minimum atomic E-state index is 0.636. The molecule has 0 atom stereocenters. The molecular weight excluding hydrogens is 292 g/mol. The normalized spacial score (nSPS) is 11.0. The second-order valence-electron chi connectivity index (χ2n) is 4.05. The lowest BCUT2D eigenvalue weighted by molar-refractivity contribution is 1.09. The Hall–Kier alpha value is -1.88. The maximum absolute atomic E-state index is 6.19. The third-order valence-corrected chi connectivity index (χ3v) is 3.77. The van der Waals surface area contributed by atoms with E-state index in [1.54, 1.807) is 12.4 Å². The SMILES string of the molecule is Cc1c(Br)ccc2nc(-c3cccnc3)c(N)n12. The van der Waals surface area contributed by atoms with Crippen molar-refractivity contribution in [1.82, 2.24) is 14.4 Å². The Kier molecular flexibility index (Phi) is 2.56. The predicted molar refractivity (Wildman–Crippen MR) is 75.3 cm³/mol. The summed E-state index contributed by atoms with van der Waals surface area (Å²) in [6.45, 7) is 2.00. The molecule has 0 unspecified atom stereocenters. The summed E-state index contributed by atoms with van der Waals surface area (Å²) in [6.07, 6.45) is 3.50. The van der Waals surface area contributed by atoms with Gasteiger partial charge in [0, 0.05) is 28.1 Å². The summed E-state index contributed by atoms with van der Waals surface area (Å²) in [5, 5.41) is 0. The van der Waals surface area contributed by atoms with Crippen LogP contribution in [0, 0.1) is 6.92 Å². The summed E-state index contributed by atoms with van der Waals surface area (Å²) < 4.78 is 2.95. The minimum absolute atomic E-state index is 0.636. The van der Waals surface area contributed by atoms with E-state index in [-0.39, 0.29) is 0 Å². The highest BCUT2D eigenvalue weighted by Crippen LogP contribution is 2.28. The van der Waals surface area contributed by atoms with Crippen molar-refractivity contribution in [2.24, 2.45) is 0 Å². The summed E-state index contributed by atoms with van der Waals surface area (Å²) in [5.74, 6) is 0.636. The Bertz CT molecular complexity index is 719. The molecule has 3 rings (SSSR count). The number of nitrogens with zero attached hydrogens (tertiary/aromatic N) is 3. The molecule has 0 amide bonds. The van der Waals surface area contributed by atoms with Gasteiger partial charge in [-0.05, 0) is 47.1 Å². The van der Waals surface area contributed by atoms with Crippen molar-refractivity contribution in [3.05, 3.63) is 46.8 Å². The van der Waals surface area contributed by atoms with E-state index in [0.29, 0.717) is 5.82 Å². The van der Waals surface area contributed by atoms with Crippen molar-refractivity contribution >= 4 is 27.4 Å². The molecule has 0 aromatic carbocycles. The van der Waals surface area contributed by atoms with E-state index in [2.05, 4.69) is 25.9 Å². The first-order valence-corrected chi connectivity index (χ1v) is 6.31. The van der Waals surface area contributed by atoms with E-state index in [9.17, 15) is 0 Å². The fourth-order valence-electron chi connectivity index (χ4n) is 2.01. The number of nitrogens with two attached hydrogens (primary N) is 1. The highest BCUT2D eigenvalue weighted by molar-refractivity contribution is 9.10. The first-order valence-electron chi connectivity index (χ1n) is 5.52. The van der Waals surface area contributed by atoms with Crippen LogP contribution >= 0.6 is 15.9 Å². The van der Waals surface area contributed by atoms with Crippen LogP contribution in [0.2, 0.25) is 0 Å². The van der Waals surface area contributed by atoms with Crippen molar-refractivity contribution in [1.29, 1.82) is 0 Å². The number of aromatic nitrogens is 3. The van der Waals surface area contributed by atoms with Crippen LogP contribution in [0.25, 0.3) is 16.9 Å². The molecule has 4 nitrogen and oxygen atoms in total. The molecule has 0 aliphatic rings. The van der Waals surface area contributed by atoms with Gasteiger partial charge in [-0.1, -0.05) is 0 Å². The lowest BCUT2D eigenvalue weighted by Gasteiger charge is -2.04. The summed E-state index contributed by atoms with van der Waals surface area (Å²) in [6, 6.07) is 7.74. The summed E-state index contributed by atoms with van der Waals surface area (Å²) in [7, 11) is 0. The highest BCUT2D eigenvalue weighted by Gasteiger charge is 2.13. The van der Waals surface area contributed by atoms with Gasteiger partial charge in [0.2, 0.25) is 0 Å². The standard InChI is InChI=1S/C13H11BrN4/c1-8-10(14)4-5-11-17-12(13(15)18(8)11)9-3-2-6-16-7-9/h2-7H,15H2,1H3. The summed E-state index contributed by atoms with van der Waals surface area (Å²) in [4.78, 5) is 8.66. The fraction of sp³-hybridized carbons (Fsp3) is 0.0769. The van der Waals surface area contributed by atoms with Crippen LogP contribution in [-0.2, 0) is 0 Å². The smallest absolute Gasteiger partial charge is 0.139 e. The molecular formula is C13H11BrN4. The van der Waals surface area contributed by atoms with E-state index in [1.165, 1.54) is 0 Å². The molecule has 0 aliphatic heterocycles. The van der Waals surface area contributed by atoms with Crippen LogP contribution in [0.4, 0.5) is 5.82 Å². The molecule has 0 radical (unpaired) electrons. The zero-order valence-electron chi connectivity index (χ0n) is 9.76. The van der Waals surface area contributed by atoms with Gasteiger partial charge < -0.3 is 5.73 Å². The molecule has 3 heterocycles. The van der Waals surface area contributed by atoms with Crippen molar-refractivity contribution in [3.8, 4) is 11.3 Å². The molecule has 90 valence electrons. The van der Waals surface area contributed by atoms with Gasteiger partial charge in [0.05, 0.1) is 0 Å². The number of hydrogen-bond donors (Lipinski definition) is 1. The molecule has 0 spiro atoms. The topological polar surface area (TPSA) is 56.2 Å². The zero-order chi connectivity index (χ0) is 12.7. The van der Waals surface area contributed by atoms with Crippen LogP contribution in [0.5, 0.6) is 0 Å². The van der Waals surface area contributed by atoms with Gasteiger partial charge in [0.1, 0.15) is 17.2 Å². The number of rotatable bonds is 1. The van der Waals surface area contributed by atoms with Gasteiger partial charge >= 0.3 is 0 Å². The van der Waals surface area contributed by atoms with Crippen LogP contribution in [0.1, 0.15) is 5.69 Å². The Morgan fingerprint density at radius 3 is 2.83 bits per heavy atom. The second-order valence-corrected chi connectivity index (χ2v) is 4.90. The first-order chi connectivity index (χ1) is 8.68. The molecule has 0 saturated heterocycles. The maximum atomic E-state index is 6.19. The molecule has 5 heteroatoms. The number of imidazole rings is 1. The summed E-state index contributed by atoms with van der Waals surface area (Å²) >= 11 is 3.50. The Morgan fingerprint density at radius 1 is 1.28 bits per heavy atom. The molecule has 0 bridgehead atoms. The van der Waals surface area contributed by atoms with Gasteiger partial charge in [-0.15, -0.1) is 0 Å². The number of nitrogen functional groups attached to an aromatic ring is 1. The minimum Gasteiger partial charge on any atom is -0.383 e. The third-order valence-electron chi connectivity index (χ3n) is 2.93. The van der Waals surface area contributed by atoms with Gasteiger partial charge in [-0.3, -0.25) is 9.38 Å². The molecule has 3 aromatic rings. The number of pyridine rings is 2. The lowest BCUT2D eigenvalue weighted by Crippen LogP contribution is -1.98.